The molecule has 1 saturated heterocycles. The highest BCUT2D eigenvalue weighted by molar-refractivity contribution is 5.94. The Balaban J connectivity index is 1.39. The minimum absolute atomic E-state index is 0.0172. The quantitative estimate of drug-likeness (QED) is 0.739. The molecule has 146 valence electrons. The third-order valence-corrected chi connectivity index (χ3v) is 5.17. The Morgan fingerprint density at radius 3 is 2.43 bits per heavy atom. The summed E-state index contributed by atoms with van der Waals surface area (Å²) in [5.74, 6) is -0.266. The van der Waals surface area contributed by atoms with Crippen LogP contribution < -0.4 is 10.2 Å². The standard InChI is InChI=1S/C23H27N3O2/c1-19-7-5-6-10-21(19)18-25-13-15-26(16-14-25)23(28)17-24-22(27)12-11-20-8-3-2-4-9-20/h2-12H,13-18H2,1H3,(H,24,27)/p+1/b12-11+. The smallest absolute Gasteiger partial charge is 0.244 e. The van der Waals surface area contributed by atoms with E-state index in [4.69, 9.17) is 0 Å². The lowest BCUT2D eigenvalue weighted by atomic mass is 10.1. The van der Waals surface area contributed by atoms with Crippen LogP contribution in [-0.4, -0.2) is 49.4 Å². The van der Waals surface area contributed by atoms with E-state index in [-0.39, 0.29) is 18.4 Å². The Hall–Kier alpha value is -2.92. The van der Waals surface area contributed by atoms with Gasteiger partial charge in [-0.25, -0.2) is 0 Å². The number of piperazine rings is 1. The number of hydrogen-bond donors (Lipinski definition) is 2. The summed E-state index contributed by atoms with van der Waals surface area (Å²) in [6.45, 7) is 6.51. The highest BCUT2D eigenvalue weighted by Gasteiger charge is 2.23. The number of quaternary nitrogens is 1. The molecular formula is C23H28N3O2+. The minimum Gasteiger partial charge on any atom is -0.343 e. The zero-order valence-electron chi connectivity index (χ0n) is 16.4. The van der Waals surface area contributed by atoms with Crippen LogP contribution in [0.3, 0.4) is 0 Å². The van der Waals surface area contributed by atoms with Crippen LogP contribution in [0, 0.1) is 6.92 Å². The van der Waals surface area contributed by atoms with E-state index in [9.17, 15) is 9.59 Å². The number of benzene rings is 2. The molecule has 0 unspecified atom stereocenters. The zero-order valence-corrected chi connectivity index (χ0v) is 16.4. The molecule has 2 N–H and O–H groups in total. The summed E-state index contributed by atoms with van der Waals surface area (Å²) in [7, 11) is 0. The highest BCUT2D eigenvalue weighted by Crippen LogP contribution is 2.05. The summed E-state index contributed by atoms with van der Waals surface area (Å²) in [5.41, 5.74) is 3.64. The molecule has 28 heavy (non-hydrogen) atoms. The van der Waals surface area contributed by atoms with Crippen molar-refractivity contribution in [3.05, 3.63) is 77.4 Å². The number of rotatable bonds is 6. The van der Waals surface area contributed by atoms with Gasteiger partial charge in [0.05, 0.1) is 32.7 Å². The Kier molecular flexibility index (Phi) is 6.98. The van der Waals surface area contributed by atoms with E-state index in [1.807, 2.05) is 35.2 Å². The maximum atomic E-state index is 12.4. The number of carbonyl (C=O) groups is 2. The fraction of sp³-hybridized carbons (Fsp3) is 0.304. The summed E-state index contributed by atoms with van der Waals surface area (Å²) in [5, 5.41) is 2.68. The topological polar surface area (TPSA) is 53.9 Å². The molecule has 2 aromatic rings. The third-order valence-electron chi connectivity index (χ3n) is 5.17. The first-order valence-electron chi connectivity index (χ1n) is 9.78. The average molecular weight is 378 g/mol. The maximum Gasteiger partial charge on any atom is 0.244 e. The molecule has 5 nitrogen and oxygen atoms in total. The summed E-state index contributed by atoms with van der Waals surface area (Å²) in [6, 6.07) is 18.1. The van der Waals surface area contributed by atoms with Gasteiger partial charge in [0.15, 0.2) is 0 Å². The Morgan fingerprint density at radius 1 is 1.04 bits per heavy atom. The van der Waals surface area contributed by atoms with Crippen molar-refractivity contribution in [2.45, 2.75) is 13.5 Å². The number of nitrogens with zero attached hydrogens (tertiary/aromatic N) is 1. The normalized spacial score (nSPS) is 15.0. The molecular weight excluding hydrogens is 350 g/mol. The van der Waals surface area contributed by atoms with Crippen molar-refractivity contribution >= 4 is 17.9 Å². The van der Waals surface area contributed by atoms with Crippen LogP contribution in [0.15, 0.2) is 60.7 Å². The van der Waals surface area contributed by atoms with E-state index >= 15 is 0 Å². The zero-order chi connectivity index (χ0) is 19.8. The van der Waals surface area contributed by atoms with Crippen molar-refractivity contribution < 1.29 is 14.5 Å². The lowest BCUT2D eigenvalue weighted by molar-refractivity contribution is -0.917. The number of aryl methyl sites for hydroxylation is 1. The Morgan fingerprint density at radius 2 is 1.71 bits per heavy atom. The van der Waals surface area contributed by atoms with Gasteiger partial charge in [0.25, 0.3) is 0 Å². The first kappa shape index (κ1) is 19.8. The average Bonchev–Trinajstić information content (AvgIpc) is 2.73. The second kappa shape index (κ2) is 9.85. The van der Waals surface area contributed by atoms with Gasteiger partial charge in [-0.05, 0) is 24.1 Å². The van der Waals surface area contributed by atoms with Gasteiger partial charge in [-0.1, -0.05) is 54.6 Å². The van der Waals surface area contributed by atoms with E-state index in [0.29, 0.717) is 0 Å². The fourth-order valence-electron chi connectivity index (χ4n) is 3.40. The van der Waals surface area contributed by atoms with Crippen molar-refractivity contribution in [2.75, 3.05) is 32.7 Å². The molecule has 0 aromatic heterocycles. The van der Waals surface area contributed by atoms with Crippen LogP contribution in [0.1, 0.15) is 16.7 Å². The number of nitrogens with one attached hydrogen (secondary N) is 2. The van der Waals surface area contributed by atoms with Crippen LogP contribution in [-0.2, 0) is 16.1 Å². The lowest BCUT2D eigenvalue weighted by Gasteiger charge is -2.32. The summed E-state index contributed by atoms with van der Waals surface area (Å²) >= 11 is 0. The Labute approximate surface area is 166 Å². The van der Waals surface area contributed by atoms with Gasteiger partial charge in [0, 0.05) is 11.6 Å². The van der Waals surface area contributed by atoms with Gasteiger partial charge in [0.1, 0.15) is 6.54 Å². The first-order chi connectivity index (χ1) is 13.6. The third kappa shape index (κ3) is 5.79. The van der Waals surface area contributed by atoms with E-state index in [1.165, 1.54) is 22.1 Å². The lowest BCUT2D eigenvalue weighted by Crippen LogP contribution is -3.13. The van der Waals surface area contributed by atoms with Crippen molar-refractivity contribution in [3.63, 3.8) is 0 Å². The van der Waals surface area contributed by atoms with Gasteiger partial charge >= 0.3 is 0 Å². The first-order valence-corrected chi connectivity index (χ1v) is 9.78. The fourth-order valence-corrected chi connectivity index (χ4v) is 3.40. The molecule has 0 bridgehead atoms. The van der Waals surface area contributed by atoms with E-state index in [0.717, 1.165) is 38.3 Å². The molecule has 1 heterocycles. The molecule has 1 aliphatic heterocycles. The predicted molar refractivity (Wildman–Crippen MR) is 111 cm³/mol. The summed E-state index contributed by atoms with van der Waals surface area (Å²) < 4.78 is 0. The second-order valence-corrected chi connectivity index (χ2v) is 7.20. The van der Waals surface area contributed by atoms with Crippen LogP contribution in [0.2, 0.25) is 0 Å². The molecule has 0 spiro atoms. The van der Waals surface area contributed by atoms with Crippen LogP contribution >= 0.6 is 0 Å². The van der Waals surface area contributed by atoms with Crippen molar-refractivity contribution in [3.8, 4) is 0 Å². The molecule has 1 aliphatic rings. The summed E-state index contributed by atoms with van der Waals surface area (Å²) in [6.07, 6.45) is 3.21. The molecule has 2 aromatic carbocycles. The predicted octanol–water partition coefficient (Wildman–Crippen LogP) is 1.05. The maximum absolute atomic E-state index is 12.4. The molecule has 1 fully saturated rings. The van der Waals surface area contributed by atoms with Crippen molar-refractivity contribution in [2.24, 2.45) is 0 Å². The molecule has 0 atom stereocenters. The van der Waals surface area contributed by atoms with Crippen LogP contribution in [0.25, 0.3) is 6.08 Å². The highest BCUT2D eigenvalue weighted by atomic mass is 16.2. The van der Waals surface area contributed by atoms with E-state index in [2.05, 4.69) is 36.5 Å². The van der Waals surface area contributed by atoms with Gasteiger partial charge < -0.3 is 15.1 Å². The monoisotopic (exact) mass is 378 g/mol. The molecule has 0 aliphatic carbocycles. The van der Waals surface area contributed by atoms with Crippen LogP contribution in [0.4, 0.5) is 0 Å². The minimum atomic E-state index is -0.249. The van der Waals surface area contributed by atoms with Gasteiger partial charge in [0.2, 0.25) is 11.8 Å². The molecule has 5 heteroatoms. The Bertz CT molecular complexity index is 825. The van der Waals surface area contributed by atoms with Crippen molar-refractivity contribution in [1.29, 1.82) is 0 Å². The molecule has 2 amide bonds. The van der Waals surface area contributed by atoms with Crippen molar-refractivity contribution in [1.82, 2.24) is 10.2 Å². The number of carbonyl (C=O) groups excluding carboxylic acids is 2. The van der Waals surface area contributed by atoms with Crippen LogP contribution in [0.5, 0.6) is 0 Å². The van der Waals surface area contributed by atoms with Gasteiger partial charge in [-0.3, -0.25) is 9.59 Å². The largest absolute Gasteiger partial charge is 0.343 e. The number of hydrogen-bond acceptors (Lipinski definition) is 2. The molecule has 3 rings (SSSR count). The molecule has 0 radical (unpaired) electrons. The van der Waals surface area contributed by atoms with Gasteiger partial charge in [-0.2, -0.15) is 0 Å². The molecule has 0 saturated carbocycles. The SMILES string of the molecule is Cc1ccccc1C[NH+]1CCN(C(=O)CNC(=O)/C=C/c2ccccc2)CC1. The van der Waals surface area contributed by atoms with E-state index in [1.54, 1.807) is 6.08 Å². The number of amides is 2. The second-order valence-electron chi connectivity index (χ2n) is 7.20. The summed E-state index contributed by atoms with van der Waals surface area (Å²) in [4.78, 5) is 27.6. The van der Waals surface area contributed by atoms with Gasteiger partial charge in [-0.15, -0.1) is 0 Å². The van der Waals surface area contributed by atoms with E-state index < -0.39 is 0 Å².